The average Bonchev–Trinajstić information content (AvgIpc) is 3.34. The second kappa shape index (κ2) is 10.0. The molecule has 4 aromatic rings. The van der Waals surface area contributed by atoms with E-state index in [0.29, 0.717) is 6.54 Å². The topological polar surface area (TPSA) is 70.5 Å². The van der Waals surface area contributed by atoms with Crippen molar-refractivity contribution >= 4 is 35.5 Å². The third-order valence-electron chi connectivity index (χ3n) is 6.99. The summed E-state index contributed by atoms with van der Waals surface area (Å²) in [6.07, 6.45) is 3.86. The Morgan fingerprint density at radius 1 is 1.06 bits per heavy atom. The number of imidazole rings is 1. The van der Waals surface area contributed by atoms with Gasteiger partial charge in [0.15, 0.2) is 5.65 Å². The van der Waals surface area contributed by atoms with Gasteiger partial charge in [0, 0.05) is 18.4 Å². The van der Waals surface area contributed by atoms with Crippen LogP contribution in [0.3, 0.4) is 0 Å². The summed E-state index contributed by atoms with van der Waals surface area (Å²) >= 11 is 0. The zero-order valence-electron chi connectivity index (χ0n) is 20.6. The van der Waals surface area contributed by atoms with Gasteiger partial charge in [-0.05, 0) is 74.4 Å². The molecule has 5 rings (SSSR count). The van der Waals surface area contributed by atoms with Crippen molar-refractivity contribution in [3.63, 3.8) is 0 Å². The van der Waals surface area contributed by atoms with Gasteiger partial charge in [0.2, 0.25) is 0 Å². The number of anilines is 2. The van der Waals surface area contributed by atoms with E-state index in [1.807, 2.05) is 36.6 Å². The lowest BCUT2D eigenvalue weighted by Crippen LogP contribution is -2.31. The Labute approximate surface area is 212 Å². The minimum Gasteiger partial charge on any atom is -0.378 e. The Morgan fingerprint density at radius 2 is 1.80 bits per heavy atom. The maximum Gasteiger partial charge on any atom is 0.319 e. The molecule has 1 aliphatic rings. The summed E-state index contributed by atoms with van der Waals surface area (Å²) in [6.45, 7) is 9.01. The van der Waals surface area contributed by atoms with Gasteiger partial charge in [-0.15, -0.1) is 12.4 Å². The highest BCUT2D eigenvalue weighted by Crippen LogP contribution is 2.31. The van der Waals surface area contributed by atoms with Crippen molar-refractivity contribution in [1.29, 1.82) is 0 Å². The van der Waals surface area contributed by atoms with Crippen LogP contribution in [0.5, 0.6) is 0 Å². The molecule has 0 saturated heterocycles. The van der Waals surface area contributed by atoms with E-state index in [1.165, 1.54) is 27.8 Å². The quantitative estimate of drug-likeness (QED) is 0.303. The van der Waals surface area contributed by atoms with Crippen molar-refractivity contribution in [2.45, 2.75) is 53.1 Å². The van der Waals surface area contributed by atoms with Crippen LogP contribution in [0.2, 0.25) is 0 Å². The second-order valence-corrected chi connectivity index (χ2v) is 9.23. The Bertz CT molecular complexity index is 1370. The molecule has 0 fully saturated rings. The third kappa shape index (κ3) is 4.84. The van der Waals surface area contributed by atoms with E-state index in [0.717, 1.165) is 41.3 Å². The van der Waals surface area contributed by atoms with Crippen LogP contribution in [-0.2, 0) is 13.0 Å². The van der Waals surface area contributed by atoms with Crippen molar-refractivity contribution in [3.05, 3.63) is 93.9 Å². The van der Waals surface area contributed by atoms with Gasteiger partial charge in [-0.3, -0.25) is 0 Å². The molecule has 2 aromatic heterocycles. The normalized spacial score (nSPS) is 14.3. The second-order valence-electron chi connectivity index (χ2n) is 9.23. The monoisotopic (exact) mass is 489 g/mol. The molecule has 0 spiro atoms. The van der Waals surface area contributed by atoms with Crippen LogP contribution in [0.15, 0.2) is 54.7 Å². The third-order valence-corrected chi connectivity index (χ3v) is 6.99. The lowest BCUT2D eigenvalue weighted by molar-refractivity contribution is 0.248. The lowest BCUT2D eigenvalue weighted by atomic mass is 10.0. The molecule has 182 valence electrons. The molecule has 7 heteroatoms. The smallest absolute Gasteiger partial charge is 0.319 e. The average molecular weight is 490 g/mol. The molecule has 0 radical (unpaired) electrons. The number of carbonyl (C=O) groups excluding carboxylic acids is 1. The Kier molecular flexibility index (Phi) is 7.03. The van der Waals surface area contributed by atoms with E-state index in [4.69, 9.17) is 4.98 Å². The number of nitrogens with zero attached hydrogens (tertiary/aromatic N) is 2. The van der Waals surface area contributed by atoms with Crippen molar-refractivity contribution < 1.29 is 4.79 Å². The van der Waals surface area contributed by atoms with Gasteiger partial charge in [-0.2, -0.15) is 0 Å². The molecule has 0 bridgehead atoms. The number of pyridine rings is 1. The van der Waals surface area contributed by atoms with Gasteiger partial charge in [-0.1, -0.05) is 42.5 Å². The van der Waals surface area contributed by atoms with Crippen LogP contribution in [-0.4, -0.2) is 15.4 Å². The van der Waals surface area contributed by atoms with Crippen LogP contribution >= 0.6 is 12.4 Å². The fourth-order valence-electron chi connectivity index (χ4n) is 4.91. The summed E-state index contributed by atoms with van der Waals surface area (Å²) in [4.78, 5) is 17.7. The van der Waals surface area contributed by atoms with Gasteiger partial charge in [0.25, 0.3) is 0 Å². The Balaban J connectivity index is 0.00000289. The number of rotatable bonds is 5. The molecule has 2 heterocycles. The van der Waals surface area contributed by atoms with E-state index in [2.05, 4.69) is 66.2 Å². The number of nitrogens with one attached hydrogen (secondary N) is 3. The largest absolute Gasteiger partial charge is 0.378 e. The first-order valence-corrected chi connectivity index (χ1v) is 11.8. The number of carbonyl (C=O) groups is 1. The number of hydrogen-bond donors (Lipinski definition) is 3. The van der Waals surface area contributed by atoms with Crippen molar-refractivity contribution in [2.24, 2.45) is 0 Å². The van der Waals surface area contributed by atoms with Gasteiger partial charge >= 0.3 is 6.03 Å². The number of amides is 2. The number of halogens is 1. The summed E-state index contributed by atoms with van der Waals surface area (Å²) < 4.78 is 2.04. The summed E-state index contributed by atoms with van der Waals surface area (Å²) in [7, 11) is 0. The molecular weight excluding hydrogens is 458 g/mol. The molecule has 35 heavy (non-hydrogen) atoms. The molecule has 1 atom stereocenters. The number of aryl methyl sites for hydroxylation is 5. The summed E-state index contributed by atoms with van der Waals surface area (Å²) in [6, 6.07) is 16.5. The highest BCUT2D eigenvalue weighted by atomic mass is 35.5. The van der Waals surface area contributed by atoms with Crippen molar-refractivity contribution in [2.75, 3.05) is 10.6 Å². The molecule has 2 aromatic carbocycles. The first kappa shape index (κ1) is 24.6. The number of benzene rings is 2. The summed E-state index contributed by atoms with van der Waals surface area (Å²) in [5.41, 5.74) is 10.8. The minimum absolute atomic E-state index is 0. The highest BCUT2D eigenvalue weighted by Gasteiger charge is 2.23. The Hall–Kier alpha value is -3.51. The molecular formula is C28H32ClN5O. The lowest BCUT2D eigenvalue weighted by Gasteiger charge is -2.17. The van der Waals surface area contributed by atoms with Crippen LogP contribution in [0.1, 0.15) is 51.7 Å². The van der Waals surface area contributed by atoms with Gasteiger partial charge < -0.3 is 20.4 Å². The highest BCUT2D eigenvalue weighted by molar-refractivity contribution is 5.91. The molecule has 0 aliphatic heterocycles. The molecule has 0 unspecified atom stereocenters. The van der Waals surface area contributed by atoms with Crippen molar-refractivity contribution in [3.8, 4) is 0 Å². The molecule has 3 N–H and O–H groups in total. The molecule has 6 nitrogen and oxygen atoms in total. The Morgan fingerprint density at radius 3 is 2.57 bits per heavy atom. The zero-order valence-corrected chi connectivity index (χ0v) is 21.4. The van der Waals surface area contributed by atoms with Crippen LogP contribution in [0.4, 0.5) is 16.2 Å². The van der Waals surface area contributed by atoms with Crippen LogP contribution in [0, 0.1) is 27.7 Å². The van der Waals surface area contributed by atoms with E-state index >= 15 is 0 Å². The molecule has 0 saturated carbocycles. The number of aromatic nitrogens is 2. The summed E-state index contributed by atoms with van der Waals surface area (Å²) in [5.74, 6) is 0. The maximum absolute atomic E-state index is 12.9. The number of hydrogen-bond acceptors (Lipinski definition) is 3. The zero-order chi connectivity index (χ0) is 23.8. The first-order chi connectivity index (χ1) is 16.4. The van der Waals surface area contributed by atoms with Crippen LogP contribution < -0.4 is 16.0 Å². The van der Waals surface area contributed by atoms with E-state index in [1.54, 1.807) is 0 Å². The van der Waals surface area contributed by atoms with E-state index in [-0.39, 0.29) is 24.5 Å². The molecule has 1 aliphatic carbocycles. The van der Waals surface area contributed by atoms with E-state index in [9.17, 15) is 4.79 Å². The minimum atomic E-state index is -0.198. The van der Waals surface area contributed by atoms with Crippen molar-refractivity contribution in [1.82, 2.24) is 14.7 Å². The van der Waals surface area contributed by atoms with Crippen LogP contribution in [0.25, 0.3) is 5.65 Å². The number of urea groups is 1. The first-order valence-electron chi connectivity index (χ1n) is 11.8. The van der Waals surface area contributed by atoms with Gasteiger partial charge in [0.05, 0.1) is 23.1 Å². The molecule has 2 amide bonds. The predicted molar refractivity (Wildman–Crippen MR) is 145 cm³/mol. The van der Waals surface area contributed by atoms with Gasteiger partial charge in [0.1, 0.15) is 0 Å². The summed E-state index contributed by atoms with van der Waals surface area (Å²) in [5, 5.41) is 9.77. The van der Waals surface area contributed by atoms with Gasteiger partial charge in [-0.25, -0.2) is 9.78 Å². The number of fused-ring (bicyclic) bond motifs is 2. The predicted octanol–water partition coefficient (Wildman–Crippen LogP) is 6.41. The maximum atomic E-state index is 12.9. The fourth-order valence-corrected chi connectivity index (χ4v) is 4.91. The fraction of sp³-hybridized carbons (Fsp3) is 0.286. The standard InChI is InChI=1S/C28H31N5O.ClH/c1-17-8-7-9-18(2)24(17)15-29-26-14-22(16-33-20(4)19(3)30-27(26)33)31-28(34)32-25-13-12-21-10-5-6-11-23(21)25;/h5-11,14,16,25,29H,12-13,15H2,1-4H3,(H2,31,32,34);1H/t25-;/m1./s1. The van der Waals surface area contributed by atoms with E-state index < -0.39 is 0 Å². The SMILES string of the molecule is Cc1cccc(C)c1CNc1cc(NC(=O)N[C@@H]2CCc3ccccc32)cn2c(C)c(C)nc12.Cl.